The number of halogens is 1. The van der Waals surface area contributed by atoms with E-state index >= 15 is 0 Å². The third-order valence-electron chi connectivity index (χ3n) is 10.8. The van der Waals surface area contributed by atoms with Crippen LogP contribution in [0.15, 0.2) is 35.3 Å². The molecule has 2 amide bonds. The molecule has 12 heteroatoms. The fourth-order valence-electron chi connectivity index (χ4n) is 7.78. The molecule has 4 aliphatic heterocycles. The molecule has 3 aromatic rings. The van der Waals surface area contributed by atoms with Gasteiger partial charge >= 0.3 is 0 Å². The van der Waals surface area contributed by atoms with E-state index in [9.17, 15) is 18.8 Å². The zero-order valence-electron chi connectivity index (χ0n) is 28.7. The smallest absolute Gasteiger partial charge is 0.261 e. The summed E-state index contributed by atoms with van der Waals surface area (Å²) in [7, 11) is 1.77. The minimum Gasteiger partial charge on any atom is -0.373 e. The van der Waals surface area contributed by atoms with Crippen molar-refractivity contribution in [2.24, 2.45) is 0 Å². The van der Waals surface area contributed by atoms with Gasteiger partial charge in [0.15, 0.2) is 0 Å². The van der Waals surface area contributed by atoms with E-state index in [1.165, 1.54) is 0 Å². The summed E-state index contributed by atoms with van der Waals surface area (Å²) in [6.07, 6.45) is 3.36. The molecule has 0 aliphatic carbocycles. The highest BCUT2D eigenvalue weighted by Crippen LogP contribution is 2.39. The molecule has 0 radical (unpaired) electrons. The predicted molar refractivity (Wildman–Crippen MR) is 182 cm³/mol. The van der Waals surface area contributed by atoms with Crippen molar-refractivity contribution in [1.29, 1.82) is 0 Å². The van der Waals surface area contributed by atoms with Gasteiger partial charge in [0.25, 0.3) is 5.56 Å². The molecule has 48 heavy (non-hydrogen) atoms. The van der Waals surface area contributed by atoms with Gasteiger partial charge in [0.05, 0.1) is 40.4 Å². The molecule has 3 fully saturated rings. The van der Waals surface area contributed by atoms with Crippen molar-refractivity contribution < 1.29 is 18.7 Å². The number of hydrogen-bond donors (Lipinski definition) is 0. The van der Waals surface area contributed by atoms with Crippen LogP contribution in [0.5, 0.6) is 0 Å². The van der Waals surface area contributed by atoms with Gasteiger partial charge in [-0.15, -0.1) is 0 Å². The van der Waals surface area contributed by atoms with E-state index in [0.29, 0.717) is 81.9 Å². The molecule has 0 spiro atoms. The first-order valence-electron chi connectivity index (χ1n) is 17.2. The number of carbonyl (C=O) groups is 2. The standard InChI is InChI=1S/C36H46FN7O4/c1-35(2)11-8-31(45)44(35)13-10-30-39-28-17-25(42-14-15-48-26(22-42)21-41-19-24(37)20-41)6-7-27(28)33(46)43(30)12-9-23-16-29-32(38-18-23)36(3,4)34(47)40(29)5/h6-7,16-18,24,26H,8-15,19-22H2,1-5H3/t26-/m0/s1. The first kappa shape index (κ1) is 32.6. The lowest BCUT2D eigenvalue weighted by molar-refractivity contribution is -0.130. The number of likely N-dealkylation sites (N-methyl/N-ethyl adjacent to an activating group) is 1. The highest BCUT2D eigenvalue weighted by Gasteiger charge is 2.44. The van der Waals surface area contributed by atoms with Crippen LogP contribution < -0.4 is 15.4 Å². The van der Waals surface area contributed by atoms with Crippen LogP contribution in [0.3, 0.4) is 0 Å². The minimum atomic E-state index is -0.742. The maximum absolute atomic E-state index is 14.2. The SMILES string of the molecule is CN1C(=O)C(C)(C)c2ncc(CCn3c(CCN4C(=O)CCC4(C)C)nc4cc(N5CCO[C@@H](CN6CC(F)C6)C5)ccc4c3=O)cc21. The lowest BCUT2D eigenvalue weighted by Crippen LogP contribution is -2.55. The number of likely N-dealkylation sites (tertiary alicyclic amines) is 2. The Labute approximate surface area is 280 Å². The first-order valence-corrected chi connectivity index (χ1v) is 17.2. The fraction of sp³-hybridized carbons (Fsp3) is 0.583. The zero-order valence-corrected chi connectivity index (χ0v) is 28.7. The molecule has 0 N–H and O–H groups in total. The van der Waals surface area contributed by atoms with E-state index in [0.717, 1.165) is 35.6 Å². The summed E-state index contributed by atoms with van der Waals surface area (Å²) in [6, 6.07) is 7.82. The number of ether oxygens (including phenoxy) is 1. The molecule has 3 saturated heterocycles. The number of pyridine rings is 1. The summed E-state index contributed by atoms with van der Waals surface area (Å²) in [5, 5.41) is 0.540. The Bertz CT molecular complexity index is 1820. The molecule has 4 aliphatic rings. The lowest BCUT2D eigenvalue weighted by Gasteiger charge is -2.40. The second-order valence-electron chi connectivity index (χ2n) is 15.0. The van der Waals surface area contributed by atoms with Gasteiger partial charge in [-0.25, -0.2) is 9.37 Å². The van der Waals surface area contributed by atoms with Crippen LogP contribution in [-0.4, -0.2) is 107 Å². The molecule has 7 rings (SSSR count). The van der Waals surface area contributed by atoms with Gasteiger partial charge in [-0.05, 0) is 70.4 Å². The van der Waals surface area contributed by atoms with Gasteiger partial charge in [-0.2, -0.15) is 0 Å². The molecule has 11 nitrogen and oxygen atoms in total. The van der Waals surface area contributed by atoms with Crippen molar-refractivity contribution in [1.82, 2.24) is 24.3 Å². The summed E-state index contributed by atoms with van der Waals surface area (Å²) < 4.78 is 21.1. The third-order valence-corrected chi connectivity index (χ3v) is 10.8. The van der Waals surface area contributed by atoms with Crippen LogP contribution in [0.1, 0.15) is 57.6 Å². The second kappa shape index (κ2) is 12.2. The maximum atomic E-state index is 14.2. The highest BCUT2D eigenvalue weighted by atomic mass is 19.1. The quantitative estimate of drug-likeness (QED) is 0.346. The van der Waals surface area contributed by atoms with Crippen LogP contribution in [0, 0.1) is 0 Å². The molecule has 1 atom stereocenters. The zero-order chi connectivity index (χ0) is 34.0. The summed E-state index contributed by atoms with van der Waals surface area (Å²) >= 11 is 0. The largest absolute Gasteiger partial charge is 0.373 e. The summed E-state index contributed by atoms with van der Waals surface area (Å²) in [5.74, 6) is 0.780. The first-order chi connectivity index (χ1) is 22.8. The van der Waals surface area contributed by atoms with E-state index in [1.807, 2.05) is 43.0 Å². The molecular formula is C36H46FN7O4. The van der Waals surface area contributed by atoms with E-state index < -0.39 is 11.6 Å². The number of rotatable bonds is 9. The number of amides is 2. The van der Waals surface area contributed by atoms with Crippen molar-refractivity contribution in [3.05, 3.63) is 57.9 Å². The van der Waals surface area contributed by atoms with E-state index in [1.54, 1.807) is 22.7 Å². The van der Waals surface area contributed by atoms with Gasteiger partial charge in [-0.3, -0.25) is 28.8 Å². The number of anilines is 2. The van der Waals surface area contributed by atoms with Crippen molar-refractivity contribution in [2.75, 3.05) is 62.7 Å². The monoisotopic (exact) mass is 659 g/mol. The van der Waals surface area contributed by atoms with Gasteiger partial charge < -0.3 is 19.4 Å². The molecule has 256 valence electrons. The van der Waals surface area contributed by atoms with Crippen LogP contribution >= 0.6 is 0 Å². The minimum absolute atomic E-state index is 0.0109. The Morgan fingerprint density at radius 1 is 1.02 bits per heavy atom. The summed E-state index contributed by atoms with van der Waals surface area (Å²) in [5.41, 5.74) is 3.06. The van der Waals surface area contributed by atoms with E-state index in [2.05, 4.69) is 28.6 Å². The average Bonchev–Trinajstić information content (AvgIpc) is 3.40. The third kappa shape index (κ3) is 5.87. The number of alkyl halides is 1. The van der Waals surface area contributed by atoms with Crippen molar-refractivity contribution in [3.8, 4) is 0 Å². The Kier molecular flexibility index (Phi) is 8.30. The Morgan fingerprint density at radius 3 is 2.54 bits per heavy atom. The van der Waals surface area contributed by atoms with E-state index in [-0.39, 0.29) is 29.0 Å². The normalized spacial score (nSPS) is 22.5. The number of nitrogens with zero attached hydrogens (tertiary/aromatic N) is 7. The fourth-order valence-corrected chi connectivity index (χ4v) is 7.78. The predicted octanol–water partition coefficient (Wildman–Crippen LogP) is 3.09. The van der Waals surface area contributed by atoms with Crippen molar-refractivity contribution in [3.63, 3.8) is 0 Å². The van der Waals surface area contributed by atoms with Gasteiger partial charge in [0.1, 0.15) is 12.0 Å². The van der Waals surface area contributed by atoms with Crippen molar-refractivity contribution >= 4 is 34.1 Å². The lowest BCUT2D eigenvalue weighted by atomic mass is 9.90. The number of aromatic nitrogens is 3. The van der Waals surface area contributed by atoms with Crippen LogP contribution in [-0.2, 0) is 39.1 Å². The molecule has 1 aromatic carbocycles. The number of carbonyl (C=O) groups excluding carboxylic acids is 2. The van der Waals surface area contributed by atoms with E-state index in [4.69, 9.17) is 9.72 Å². The van der Waals surface area contributed by atoms with Gasteiger partial charge in [0.2, 0.25) is 11.8 Å². The van der Waals surface area contributed by atoms with Crippen LogP contribution in [0.2, 0.25) is 0 Å². The number of fused-ring (bicyclic) bond motifs is 2. The number of morpholine rings is 1. The second-order valence-corrected chi connectivity index (χ2v) is 15.0. The van der Waals surface area contributed by atoms with Crippen LogP contribution in [0.4, 0.5) is 15.8 Å². The number of benzene rings is 1. The number of hydrogen-bond acceptors (Lipinski definition) is 8. The van der Waals surface area contributed by atoms with Gasteiger partial charge in [0, 0.05) is 83.1 Å². The topological polar surface area (TPSA) is 104 Å². The molecule has 0 bridgehead atoms. The molecular weight excluding hydrogens is 613 g/mol. The summed E-state index contributed by atoms with van der Waals surface area (Å²) in [6.45, 7) is 12.4. The Hall–Kier alpha value is -3.90. The van der Waals surface area contributed by atoms with Gasteiger partial charge in [-0.1, -0.05) is 0 Å². The molecule has 6 heterocycles. The molecule has 0 saturated carbocycles. The van der Waals surface area contributed by atoms with Crippen LogP contribution in [0.25, 0.3) is 10.9 Å². The highest BCUT2D eigenvalue weighted by molar-refractivity contribution is 6.06. The Balaban J connectivity index is 1.17. The number of aryl methyl sites for hydroxylation is 1. The molecule has 0 unspecified atom stereocenters. The summed E-state index contributed by atoms with van der Waals surface area (Å²) in [4.78, 5) is 57.4. The molecule has 2 aromatic heterocycles. The average molecular weight is 660 g/mol. The Morgan fingerprint density at radius 2 is 1.81 bits per heavy atom. The van der Waals surface area contributed by atoms with Crippen molar-refractivity contribution in [2.45, 2.75) is 83.2 Å². The maximum Gasteiger partial charge on any atom is 0.261 e.